The van der Waals surface area contributed by atoms with Gasteiger partial charge in [-0.3, -0.25) is 4.90 Å². The zero-order valence-corrected chi connectivity index (χ0v) is 34.9. The van der Waals surface area contributed by atoms with Crippen molar-refractivity contribution in [2.75, 3.05) is 180 Å². The number of morpholine rings is 1. The number of hydrogen-bond acceptors (Lipinski definition) is 15. The third-order valence-corrected chi connectivity index (χ3v) is 10.1. The Hall–Kier alpha value is -3.42. The standard InChI is InChI=1S/C44H68N4O11/c1-45-41-8-2-38(3-9-41)44(48-18-28-53-29-19-48,39-4-10-42(11-5-39)46(14-24-54-30-20-49)16-26-56-34-36-58-32-22-51)40-6-12-43(13-7-40)47(15-25-55-31-21-50)17-27-57-35-37-59-33-23-52/h2-13,45,49-52H,14-37H2,1H3. The first-order valence-corrected chi connectivity index (χ1v) is 20.8. The molecule has 0 atom stereocenters. The highest BCUT2D eigenvalue weighted by Crippen LogP contribution is 2.44. The summed E-state index contributed by atoms with van der Waals surface area (Å²) in [5.74, 6) is 0. The summed E-state index contributed by atoms with van der Waals surface area (Å²) < 4.78 is 39.7. The van der Waals surface area contributed by atoms with E-state index in [1.165, 1.54) is 0 Å². The summed E-state index contributed by atoms with van der Waals surface area (Å²) in [6, 6.07) is 26.2. The summed E-state index contributed by atoms with van der Waals surface area (Å²) in [5.41, 5.74) is 5.79. The largest absolute Gasteiger partial charge is 0.394 e. The predicted octanol–water partition coefficient (Wildman–Crippen LogP) is 2.03. The van der Waals surface area contributed by atoms with E-state index < -0.39 is 5.54 Å². The Morgan fingerprint density at radius 2 is 0.814 bits per heavy atom. The van der Waals surface area contributed by atoms with Crippen LogP contribution in [0.25, 0.3) is 0 Å². The first-order valence-electron chi connectivity index (χ1n) is 20.8. The van der Waals surface area contributed by atoms with Gasteiger partial charge in [0.1, 0.15) is 0 Å². The maximum atomic E-state index is 9.28. The lowest BCUT2D eigenvalue weighted by atomic mass is 9.75. The number of benzene rings is 3. The fourth-order valence-corrected chi connectivity index (χ4v) is 7.20. The van der Waals surface area contributed by atoms with Gasteiger partial charge < -0.3 is 68.7 Å². The topological polar surface area (TPSA) is 167 Å². The van der Waals surface area contributed by atoms with E-state index in [4.69, 9.17) is 43.4 Å². The van der Waals surface area contributed by atoms with E-state index in [0.717, 1.165) is 46.8 Å². The van der Waals surface area contributed by atoms with Crippen LogP contribution < -0.4 is 15.1 Å². The number of hydrogen-bond donors (Lipinski definition) is 5. The van der Waals surface area contributed by atoms with E-state index in [2.05, 4.69) is 92.8 Å². The van der Waals surface area contributed by atoms with Crippen LogP contribution in [0.4, 0.5) is 17.1 Å². The van der Waals surface area contributed by atoms with Crippen molar-refractivity contribution in [2.24, 2.45) is 0 Å². The molecule has 0 radical (unpaired) electrons. The van der Waals surface area contributed by atoms with E-state index in [0.29, 0.717) is 105 Å². The molecule has 0 aliphatic carbocycles. The van der Waals surface area contributed by atoms with Crippen LogP contribution in [-0.4, -0.2) is 191 Å². The molecule has 1 saturated heterocycles. The third-order valence-electron chi connectivity index (χ3n) is 10.1. The molecule has 0 aromatic heterocycles. The van der Waals surface area contributed by atoms with Crippen LogP contribution >= 0.6 is 0 Å². The summed E-state index contributed by atoms with van der Waals surface area (Å²) in [4.78, 5) is 6.98. The number of rotatable bonds is 33. The molecule has 4 rings (SSSR count). The Balaban J connectivity index is 1.69. The second-order valence-electron chi connectivity index (χ2n) is 13.8. The second kappa shape index (κ2) is 28.9. The Bertz CT molecular complexity index is 1400. The molecule has 1 fully saturated rings. The van der Waals surface area contributed by atoms with Crippen LogP contribution in [0.2, 0.25) is 0 Å². The average molecular weight is 829 g/mol. The first kappa shape index (κ1) is 48.2. The molecule has 1 heterocycles. The Morgan fingerprint density at radius 3 is 1.15 bits per heavy atom. The molecule has 15 heteroatoms. The van der Waals surface area contributed by atoms with Crippen molar-refractivity contribution in [3.63, 3.8) is 0 Å². The minimum atomic E-state index is -0.660. The molecule has 0 saturated carbocycles. The predicted molar refractivity (Wildman–Crippen MR) is 229 cm³/mol. The van der Waals surface area contributed by atoms with E-state index >= 15 is 0 Å². The Kier molecular flexibility index (Phi) is 23.7. The Labute approximate surface area is 350 Å². The zero-order chi connectivity index (χ0) is 41.8. The molecule has 0 unspecified atom stereocenters. The van der Waals surface area contributed by atoms with Crippen LogP contribution in [0.5, 0.6) is 0 Å². The summed E-state index contributed by atoms with van der Waals surface area (Å²) in [6.07, 6.45) is 0. The van der Waals surface area contributed by atoms with Gasteiger partial charge in [-0.25, -0.2) is 0 Å². The lowest BCUT2D eigenvalue weighted by Gasteiger charge is -2.47. The van der Waals surface area contributed by atoms with Gasteiger partial charge in [-0.05, 0) is 53.1 Å². The molecule has 0 bridgehead atoms. The van der Waals surface area contributed by atoms with Gasteiger partial charge in [-0.2, -0.15) is 0 Å². The lowest BCUT2D eigenvalue weighted by molar-refractivity contribution is 0.00227. The van der Waals surface area contributed by atoms with E-state index in [9.17, 15) is 10.2 Å². The van der Waals surface area contributed by atoms with Crippen molar-refractivity contribution in [1.29, 1.82) is 0 Å². The smallest absolute Gasteiger partial charge is 0.0974 e. The maximum Gasteiger partial charge on any atom is 0.0974 e. The van der Waals surface area contributed by atoms with Gasteiger partial charge in [0, 0.05) is 63.4 Å². The first-order chi connectivity index (χ1) is 29.1. The van der Waals surface area contributed by atoms with Gasteiger partial charge in [-0.1, -0.05) is 36.4 Å². The number of anilines is 3. The van der Waals surface area contributed by atoms with Crippen LogP contribution in [0.3, 0.4) is 0 Å². The molecular weight excluding hydrogens is 761 g/mol. The van der Waals surface area contributed by atoms with Gasteiger partial charge in [-0.15, -0.1) is 0 Å². The summed E-state index contributed by atoms with van der Waals surface area (Å²) in [7, 11) is 1.93. The Morgan fingerprint density at radius 1 is 0.492 bits per heavy atom. The van der Waals surface area contributed by atoms with Crippen molar-refractivity contribution in [2.45, 2.75) is 5.54 Å². The lowest BCUT2D eigenvalue weighted by Crippen LogP contribution is -2.52. The van der Waals surface area contributed by atoms with Gasteiger partial charge in [0.25, 0.3) is 0 Å². The highest BCUT2D eigenvalue weighted by Gasteiger charge is 2.43. The van der Waals surface area contributed by atoms with Gasteiger partial charge in [0.15, 0.2) is 0 Å². The normalized spacial score (nSPS) is 13.5. The van der Waals surface area contributed by atoms with Crippen LogP contribution in [0.1, 0.15) is 16.7 Å². The molecule has 59 heavy (non-hydrogen) atoms. The van der Waals surface area contributed by atoms with Crippen molar-refractivity contribution < 1.29 is 53.6 Å². The summed E-state index contributed by atoms with van der Waals surface area (Å²) >= 11 is 0. The minimum absolute atomic E-state index is 0.0149. The third kappa shape index (κ3) is 15.5. The van der Waals surface area contributed by atoms with E-state index in [1.54, 1.807) is 0 Å². The molecule has 15 nitrogen and oxygen atoms in total. The highest BCUT2D eigenvalue weighted by atomic mass is 16.5. The number of nitrogens with one attached hydrogen (secondary N) is 1. The fraction of sp³-hybridized carbons (Fsp3) is 0.591. The molecule has 0 amide bonds. The van der Waals surface area contributed by atoms with Crippen molar-refractivity contribution in [3.8, 4) is 0 Å². The van der Waals surface area contributed by atoms with E-state index in [1.807, 2.05) is 7.05 Å². The van der Waals surface area contributed by atoms with Crippen molar-refractivity contribution >= 4 is 17.1 Å². The fourth-order valence-electron chi connectivity index (χ4n) is 7.20. The second-order valence-corrected chi connectivity index (χ2v) is 13.8. The van der Waals surface area contributed by atoms with Gasteiger partial charge >= 0.3 is 0 Å². The van der Waals surface area contributed by atoms with Crippen molar-refractivity contribution in [3.05, 3.63) is 89.5 Å². The molecule has 3 aromatic carbocycles. The van der Waals surface area contributed by atoms with Crippen LogP contribution in [0, 0.1) is 0 Å². The zero-order valence-electron chi connectivity index (χ0n) is 34.9. The SMILES string of the molecule is CNc1ccc(C(c2ccc(N(CCOCCO)CCOCCOCCO)cc2)(c2ccc(N(CCOCCO)CCOCCOCCO)cc2)N2CCOCC2)cc1. The average Bonchev–Trinajstić information content (AvgIpc) is 3.28. The minimum Gasteiger partial charge on any atom is -0.394 e. The van der Waals surface area contributed by atoms with Crippen molar-refractivity contribution in [1.82, 2.24) is 4.90 Å². The molecule has 1 aliphatic heterocycles. The number of aliphatic hydroxyl groups excluding tert-OH is 4. The van der Waals surface area contributed by atoms with Gasteiger partial charge in [0.2, 0.25) is 0 Å². The maximum absolute atomic E-state index is 9.28. The summed E-state index contributed by atoms with van der Waals surface area (Å²) in [5, 5.41) is 39.8. The van der Waals surface area contributed by atoms with Gasteiger partial charge in [0.05, 0.1) is 124 Å². The molecule has 5 N–H and O–H groups in total. The molecular formula is C44H68N4O11. The number of nitrogens with zero attached hydrogens (tertiary/aromatic N) is 3. The number of aliphatic hydroxyl groups is 4. The molecule has 0 spiro atoms. The van der Waals surface area contributed by atoms with Crippen LogP contribution in [0.15, 0.2) is 72.8 Å². The van der Waals surface area contributed by atoms with Crippen LogP contribution in [-0.2, 0) is 38.7 Å². The molecule has 1 aliphatic rings. The van der Waals surface area contributed by atoms with E-state index in [-0.39, 0.29) is 39.6 Å². The summed E-state index contributed by atoms with van der Waals surface area (Å²) in [6.45, 7) is 9.87. The number of ether oxygens (including phenoxy) is 7. The monoisotopic (exact) mass is 828 g/mol. The molecule has 330 valence electrons. The molecule has 3 aromatic rings. The highest BCUT2D eigenvalue weighted by molar-refractivity contribution is 5.59. The quantitative estimate of drug-likeness (QED) is 0.0447.